The standard InChI is InChI=1S/C63H46N2S2/c1-63(2)50-20-6-5-18-46(50)62-47(19-15-21-51(62)63)61-45-35-33-42(64-52-22-7-11-26-56(52)66-57-27-12-8-23-53(57)64)37-48(45)60(41-31-30-39-16-3-4-17-40(39)36-41)44-34-32-43(38-49(44)61)65-54-24-9-13-28-58(54)67-59-29-14-10-25-55(59)65/h3-35,37-38,40,51,62H,36H2,1-2H3. The summed E-state index contributed by atoms with van der Waals surface area (Å²) in [5.74, 6) is 0.865. The third kappa shape index (κ3) is 5.92. The Morgan fingerprint density at radius 2 is 1.03 bits per heavy atom. The monoisotopic (exact) mass is 894 g/mol. The van der Waals surface area contributed by atoms with Crippen LogP contribution in [0.3, 0.4) is 0 Å². The van der Waals surface area contributed by atoms with Gasteiger partial charge in [0.2, 0.25) is 0 Å². The Morgan fingerprint density at radius 1 is 0.493 bits per heavy atom. The van der Waals surface area contributed by atoms with Crippen LogP contribution in [-0.2, 0) is 5.41 Å². The highest BCUT2D eigenvalue weighted by atomic mass is 32.2. The molecule has 0 aromatic heterocycles. The number of benzene rings is 8. The van der Waals surface area contributed by atoms with E-state index in [1.807, 2.05) is 23.5 Å². The zero-order valence-corrected chi connectivity index (χ0v) is 39.0. The Morgan fingerprint density at radius 3 is 1.64 bits per heavy atom. The van der Waals surface area contributed by atoms with Gasteiger partial charge in [-0.2, -0.15) is 0 Å². The molecule has 0 amide bonds. The molecule has 67 heavy (non-hydrogen) atoms. The molecule has 3 unspecified atom stereocenters. The molecule has 2 heterocycles. The van der Waals surface area contributed by atoms with E-state index >= 15 is 0 Å². The number of hydrogen-bond donors (Lipinski definition) is 0. The Balaban J connectivity index is 1.09. The number of fused-ring (bicyclic) bond motifs is 10. The van der Waals surface area contributed by atoms with Gasteiger partial charge in [0, 0.05) is 42.8 Å². The lowest BCUT2D eigenvalue weighted by Crippen LogP contribution is -2.26. The highest BCUT2D eigenvalue weighted by Gasteiger charge is 2.47. The Kier molecular flexibility index (Phi) is 8.79. The highest BCUT2D eigenvalue weighted by Crippen LogP contribution is 2.60. The van der Waals surface area contributed by atoms with E-state index < -0.39 is 0 Å². The zero-order valence-electron chi connectivity index (χ0n) is 37.4. The van der Waals surface area contributed by atoms with Crippen LogP contribution in [0, 0.1) is 11.8 Å². The summed E-state index contributed by atoms with van der Waals surface area (Å²) in [5.41, 5.74) is 16.9. The summed E-state index contributed by atoms with van der Waals surface area (Å²) in [6.45, 7) is 4.91. The maximum atomic E-state index is 2.54. The van der Waals surface area contributed by atoms with Gasteiger partial charge in [0.25, 0.3) is 0 Å². The number of nitrogens with zero attached hydrogens (tertiary/aromatic N) is 2. The molecule has 0 fully saturated rings. The molecule has 0 bridgehead atoms. The van der Waals surface area contributed by atoms with Gasteiger partial charge < -0.3 is 9.80 Å². The average molecular weight is 895 g/mol. The van der Waals surface area contributed by atoms with E-state index in [0.717, 1.165) is 6.42 Å². The SMILES string of the molecule is CC1(C)c2ccccc2C2C(c3c4ccc(N5c6ccccc6Sc6ccccc65)cc4c(C4=CC=C5C=CC=CC5C4)c4ccc(N5c6ccccc6Sc6ccccc65)cc34)=CC=CC21. The molecule has 8 aromatic carbocycles. The summed E-state index contributed by atoms with van der Waals surface area (Å²) in [6.07, 6.45) is 22.1. The fraction of sp³-hybridized carbons (Fsp3) is 0.111. The molecule has 2 aliphatic heterocycles. The van der Waals surface area contributed by atoms with Crippen LogP contribution in [0.1, 0.15) is 48.4 Å². The van der Waals surface area contributed by atoms with Gasteiger partial charge in [-0.05, 0) is 151 Å². The van der Waals surface area contributed by atoms with Gasteiger partial charge >= 0.3 is 0 Å². The maximum absolute atomic E-state index is 2.54. The lowest BCUT2D eigenvalue weighted by molar-refractivity contribution is 0.399. The number of anilines is 6. The third-order valence-corrected chi connectivity index (χ3v) is 17.5. The van der Waals surface area contributed by atoms with Crippen LogP contribution in [0.2, 0.25) is 0 Å². The van der Waals surface area contributed by atoms with Gasteiger partial charge in [-0.1, -0.05) is 177 Å². The van der Waals surface area contributed by atoms with Crippen LogP contribution >= 0.6 is 23.5 Å². The van der Waals surface area contributed by atoms with Crippen LogP contribution < -0.4 is 9.80 Å². The fourth-order valence-electron chi connectivity index (χ4n) is 12.2. The topological polar surface area (TPSA) is 6.48 Å². The van der Waals surface area contributed by atoms with Crippen molar-refractivity contribution < 1.29 is 0 Å². The minimum Gasteiger partial charge on any atom is -0.308 e. The van der Waals surface area contributed by atoms with Crippen molar-refractivity contribution >= 4 is 90.3 Å². The first kappa shape index (κ1) is 39.2. The molecule has 0 radical (unpaired) electrons. The van der Waals surface area contributed by atoms with Crippen molar-refractivity contribution in [2.45, 2.75) is 51.2 Å². The number of rotatable bonds is 4. The Bertz CT molecular complexity index is 3550. The fourth-order valence-corrected chi connectivity index (χ4v) is 14.4. The van der Waals surface area contributed by atoms with Crippen molar-refractivity contribution in [3.8, 4) is 0 Å². The number of hydrogen-bond acceptors (Lipinski definition) is 4. The van der Waals surface area contributed by atoms with Gasteiger partial charge in [0.1, 0.15) is 0 Å². The van der Waals surface area contributed by atoms with Crippen LogP contribution in [0.4, 0.5) is 34.1 Å². The van der Waals surface area contributed by atoms with E-state index in [0.29, 0.717) is 11.8 Å². The molecule has 0 saturated carbocycles. The molecule has 14 rings (SSSR count). The molecule has 0 N–H and O–H groups in total. The summed E-state index contributed by atoms with van der Waals surface area (Å²) in [5, 5.41) is 5.18. The normalized spacial score (nSPS) is 20.2. The minimum atomic E-state index is -0.0218. The van der Waals surface area contributed by atoms with E-state index in [2.05, 4.69) is 236 Å². The molecule has 3 atom stereocenters. The van der Waals surface area contributed by atoms with Crippen molar-refractivity contribution in [1.82, 2.24) is 0 Å². The maximum Gasteiger partial charge on any atom is 0.0601 e. The van der Waals surface area contributed by atoms with E-state index in [1.54, 1.807) is 0 Å². The van der Waals surface area contributed by atoms with Gasteiger partial charge in [0.05, 0.1) is 22.7 Å². The molecular formula is C63H46N2S2. The lowest BCUT2D eigenvalue weighted by atomic mass is 9.69. The molecule has 8 aromatic rings. The first-order chi connectivity index (χ1) is 33.0. The summed E-state index contributed by atoms with van der Waals surface area (Å²) in [4.78, 5) is 10.1. The lowest BCUT2D eigenvalue weighted by Gasteiger charge is -2.35. The smallest absolute Gasteiger partial charge is 0.0601 e. The molecule has 4 aliphatic carbocycles. The molecule has 4 heteroatoms. The van der Waals surface area contributed by atoms with Crippen LogP contribution in [-0.4, -0.2) is 0 Å². The minimum absolute atomic E-state index is 0.0218. The highest BCUT2D eigenvalue weighted by molar-refractivity contribution is 8.00. The summed E-state index contributed by atoms with van der Waals surface area (Å²) in [7, 11) is 0. The summed E-state index contributed by atoms with van der Waals surface area (Å²) < 4.78 is 0. The molecule has 2 nitrogen and oxygen atoms in total. The van der Waals surface area contributed by atoms with Gasteiger partial charge in [-0.25, -0.2) is 0 Å². The second-order valence-corrected chi connectivity index (χ2v) is 21.4. The average Bonchev–Trinajstić information content (AvgIpc) is 3.61. The summed E-state index contributed by atoms with van der Waals surface area (Å²) in [6, 6.07) is 59.6. The van der Waals surface area contributed by atoms with Crippen molar-refractivity contribution in [2.75, 3.05) is 9.80 Å². The van der Waals surface area contributed by atoms with E-state index in [1.165, 1.54) is 114 Å². The summed E-state index contributed by atoms with van der Waals surface area (Å²) >= 11 is 3.73. The van der Waals surface area contributed by atoms with Crippen LogP contribution in [0.15, 0.2) is 238 Å². The largest absolute Gasteiger partial charge is 0.308 e. The zero-order chi connectivity index (χ0) is 44.4. The predicted octanol–water partition coefficient (Wildman–Crippen LogP) is 18.0. The Labute approximate surface area is 401 Å². The van der Waals surface area contributed by atoms with Crippen molar-refractivity contribution in [1.29, 1.82) is 0 Å². The van der Waals surface area contributed by atoms with E-state index in [9.17, 15) is 0 Å². The van der Waals surface area contributed by atoms with Crippen LogP contribution in [0.25, 0.3) is 32.7 Å². The quantitative estimate of drug-likeness (QED) is 0.162. The van der Waals surface area contributed by atoms with Gasteiger partial charge in [0.15, 0.2) is 0 Å². The predicted molar refractivity (Wildman–Crippen MR) is 284 cm³/mol. The van der Waals surface area contributed by atoms with Crippen LogP contribution in [0.5, 0.6) is 0 Å². The van der Waals surface area contributed by atoms with Gasteiger partial charge in [-0.3, -0.25) is 0 Å². The third-order valence-electron chi connectivity index (χ3n) is 15.3. The van der Waals surface area contributed by atoms with Gasteiger partial charge in [-0.15, -0.1) is 0 Å². The molecule has 0 saturated heterocycles. The first-order valence-electron chi connectivity index (χ1n) is 23.6. The first-order valence-corrected chi connectivity index (χ1v) is 25.2. The second kappa shape index (κ2) is 15.0. The van der Waals surface area contributed by atoms with Crippen molar-refractivity contribution in [3.63, 3.8) is 0 Å². The molecule has 320 valence electrons. The molecule has 0 spiro atoms. The molecular weight excluding hydrogens is 849 g/mol. The second-order valence-electron chi connectivity index (χ2n) is 19.2. The van der Waals surface area contributed by atoms with E-state index in [-0.39, 0.29) is 11.3 Å². The van der Waals surface area contributed by atoms with E-state index in [4.69, 9.17) is 0 Å². The molecule has 6 aliphatic rings. The van der Waals surface area contributed by atoms with Crippen molar-refractivity contribution in [2.24, 2.45) is 11.8 Å². The Hall–Kier alpha value is -6.98. The van der Waals surface area contributed by atoms with Crippen molar-refractivity contribution in [3.05, 3.63) is 240 Å². The number of allylic oxidation sites excluding steroid dienone is 12. The number of para-hydroxylation sites is 4.